The van der Waals surface area contributed by atoms with Gasteiger partial charge < -0.3 is 10.1 Å². The van der Waals surface area contributed by atoms with E-state index in [0.29, 0.717) is 23.2 Å². The monoisotopic (exact) mass is 438 g/mol. The largest absolute Gasteiger partial charge is 0.488 e. The molecule has 1 aliphatic heterocycles. The van der Waals surface area contributed by atoms with Crippen LogP contribution >= 0.6 is 28.1 Å². The summed E-state index contributed by atoms with van der Waals surface area (Å²) < 4.78 is 7.00. The van der Waals surface area contributed by atoms with Gasteiger partial charge in [0, 0.05) is 10.0 Å². The molecule has 2 N–H and O–H groups in total. The summed E-state index contributed by atoms with van der Waals surface area (Å²) in [4.78, 5) is 11.9. The van der Waals surface area contributed by atoms with E-state index in [1.54, 1.807) is 6.08 Å². The molecule has 0 aromatic heterocycles. The number of ether oxygens (including phenoxy) is 1. The summed E-state index contributed by atoms with van der Waals surface area (Å²) in [5, 5.41) is 8.07. The SMILES string of the molecule is O=C1NC(=S)NC1=Cc1cc(Br)ccc1OCc1cccc2ccccc12. The molecule has 0 unspecified atom stereocenters. The van der Waals surface area contributed by atoms with Crippen molar-refractivity contribution in [2.75, 3.05) is 0 Å². The molecule has 134 valence electrons. The van der Waals surface area contributed by atoms with Gasteiger partial charge in [0.1, 0.15) is 18.1 Å². The molecule has 1 saturated heterocycles. The van der Waals surface area contributed by atoms with Crippen molar-refractivity contribution in [2.24, 2.45) is 0 Å². The molecule has 0 bridgehead atoms. The number of fused-ring (bicyclic) bond motifs is 1. The fourth-order valence-corrected chi connectivity index (χ4v) is 3.56. The van der Waals surface area contributed by atoms with Crippen LogP contribution in [0.25, 0.3) is 16.8 Å². The summed E-state index contributed by atoms with van der Waals surface area (Å²) >= 11 is 8.45. The quantitative estimate of drug-likeness (QED) is 0.464. The summed E-state index contributed by atoms with van der Waals surface area (Å²) in [5.74, 6) is 0.436. The van der Waals surface area contributed by atoms with Crippen molar-refractivity contribution >= 4 is 56.0 Å². The Hall–Kier alpha value is -2.70. The van der Waals surface area contributed by atoms with Crippen molar-refractivity contribution in [3.05, 3.63) is 82.0 Å². The number of hydrogen-bond donors (Lipinski definition) is 2. The molecule has 0 atom stereocenters. The van der Waals surface area contributed by atoms with E-state index in [4.69, 9.17) is 17.0 Å². The fourth-order valence-electron chi connectivity index (χ4n) is 2.98. The first-order chi connectivity index (χ1) is 13.1. The lowest BCUT2D eigenvalue weighted by atomic mass is 10.1. The van der Waals surface area contributed by atoms with E-state index in [2.05, 4.69) is 50.8 Å². The van der Waals surface area contributed by atoms with Gasteiger partial charge in [0.05, 0.1) is 0 Å². The zero-order valence-corrected chi connectivity index (χ0v) is 16.6. The summed E-state index contributed by atoms with van der Waals surface area (Å²) in [6, 6.07) is 20.1. The highest BCUT2D eigenvalue weighted by Gasteiger charge is 2.20. The fraction of sp³-hybridized carbons (Fsp3) is 0.0476. The Balaban J connectivity index is 1.64. The van der Waals surface area contributed by atoms with Crippen molar-refractivity contribution in [3.63, 3.8) is 0 Å². The van der Waals surface area contributed by atoms with Crippen molar-refractivity contribution in [2.45, 2.75) is 6.61 Å². The van der Waals surface area contributed by atoms with Crippen LogP contribution in [0.2, 0.25) is 0 Å². The molecule has 0 saturated carbocycles. The Morgan fingerprint density at radius 2 is 1.85 bits per heavy atom. The maximum atomic E-state index is 11.9. The number of carbonyl (C=O) groups is 1. The molecule has 0 spiro atoms. The summed E-state index contributed by atoms with van der Waals surface area (Å²) in [6.07, 6.45) is 1.73. The second kappa shape index (κ2) is 7.50. The zero-order valence-electron chi connectivity index (χ0n) is 14.2. The zero-order chi connectivity index (χ0) is 18.8. The molecule has 3 aromatic carbocycles. The van der Waals surface area contributed by atoms with Gasteiger partial charge in [0.15, 0.2) is 5.11 Å². The van der Waals surface area contributed by atoms with E-state index >= 15 is 0 Å². The van der Waals surface area contributed by atoms with Gasteiger partial charge in [-0.2, -0.15) is 0 Å². The standard InChI is InChI=1S/C21H15BrN2O2S/c22-16-8-9-19(15(10-16)11-18-20(25)24-21(27)23-18)26-12-14-6-3-5-13-4-1-2-7-17(13)14/h1-11H,12H2,(H2,23,24,25,27). The topological polar surface area (TPSA) is 50.4 Å². The highest BCUT2D eigenvalue weighted by Crippen LogP contribution is 2.27. The predicted molar refractivity (Wildman–Crippen MR) is 114 cm³/mol. The summed E-state index contributed by atoms with van der Waals surface area (Å²) in [6.45, 7) is 0.428. The number of amides is 1. The Morgan fingerprint density at radius 3 is 2.67 bits per heavy atom. The molecule has 1 fully saturated rings. The van der Waals surface area contributed by atoms with Gasteiger partial charge in [-0.15, -0.1) is 0 Å². The van der Waals surface area contributed by atoms with Crippen molar-refractivity contribution < 1.29 is 9.53 Å². The molecule has 4 nitrogen and oxygen atoms in total. The molecule has 1 heterocycles. The summed E-state index contributed by atoms with van der Waals surface area (Å²) in [5.41, 5.74) is 2.28. The maximum absolute atomic E-state index is 11.9. The molecular formula is C21H15BrN2O2S. The van der Waals surface area contributed by atoms with Crippen LogP contribution in [0.15, 0.2) is 70.8 Å². The lowest BCUT2D eigenvalue weighted by Crippen LogP contribution is -2.21. The number of thiocarbonyl (C=S) groups is 1. The third kappa shape index (κ3) is 3.86. The Morgan fingerprint density at radius 1 is 1.04 bits per heavy atom. The van der Waals surface area contributed by atoms with Gasteiger partial charge in [-0.1, -0.05) is 58.4 Å². The van der Waals surface area contributed by atoms with Crippen LogP contribution in [0.1, 0.15) is 11.1 Å². The number of carbonyl (C=O) groups excluding carboxylic acids is 1. The number of rotatable bonds is 4. The predicted octanol–water partition coefficient (Wildman–Crippen LogP) is 4.53. The smallest absolute Gasteiger partial charge is 0.273 e. The molecule has 3 aromatic rings. The number of nitrogens with one attached hydrogen (secondary N) is 2. The van der Waals surface area contributed by atoms with E-state index in [-0.39, 0.29) is 5.91 Å². The molecule has 1 amide bonds. The van der Waals surface area contributed by atoms with Crippen molar-refractivity contribution in [3.8, 4) is 5.75 Å². The molecule has 0 radical (unpaired) electrons. The van der Waals surface area contributed by atoms with Crippen LogP contribution in [0.5, 0.6) is 5.75 Å². The lowest BCUT2D eigenvalue weighted by molar-refractivity contribution is -0.115. The minimum Gasteiger partial charge on any atom is -0.488 e. The van der Waals surface area contributed by atoms with Gasteiger partial charge >= 0.3 is 0 Å². The molecular weight excluding hydrogens is 424 g/mol. The molecule has 4 rings (SSSR count). The third-order valence-corrected chi connectivity index (χ3v) is 4.95. The second-order valence-electron chi connectivity index (χ2n) is 6.08. The minimum atomic E-state index is -0.250. The number of benzene rings is 3. The van der Waals surface area contributed by atoms with Crippen LogP contribution in [-0.2, 0) is 11.4 Å². The average molecular weight is 439 g/mol. The Bertz CT molecular complexity index is 1090. The van der Waals surface area contributed by atoms with E-state index in [1.165, 1.54) is 10.8 Å². The van der Waals surface area contributed by atoms with E-state index in [0.717, 1.165) is 15.6 Å². The first kappa shape index (κ1) is 17.7. The molecule has 0 aliphatic carbocycles. The van der Waals surface area contributed by atoms with Crippen molar-refractivity contribution in [1.29, 1.82) is 0 Å². The average Bonchev–Trinajstić information content (AvgIpc) is 2.98. The summed E-state index contributed by atoms with van der Waals surface area (Å²) in [7, 11) is 0. The van der Waals surface area contributed by atoms with Crippen LogP contribution in [-0.4, -0.2) is 11.0 Å². The highest BCUT2D eigenvalue weighted by atomic mass is 79.9. The first-order valence-corrected chi connectivity index (χ1v) is 9.53. The number of hydrogen-bond acceptors (Lipinski definition) is 3. The van der Waals surface area contributed by atoms with Crippen LogP contribution in [0.3, 0.4) is 0 Å². The van der Waals surface area contributed by atoms with Crippen molar-refractivity contribution in [1.82, 2.24) is 10.6 Å². The second-order valence-corrected chi connectivity index (χ2v) is 7.40. The van der Waals surface area contributed by atoms with E-state index in [9.17, 15) is 4.79 Å². The first-order valence-electron chi connectivity index (χ1n) is 8.33. The Labute approximate surface area is 170 Å². The highest BCUT2D eigenvalue weighted by molar-refractivity contribution is 9.10. The van der Waals surface area contributed by atoms with E-state index < -0.39 is 0 Å². The van der Waals surface area contributed by atoms with Gasteiger partial charge in [0.25, 0.3) is 5.91 Å². The van der Waals surface area contributed by atoms with Crippen LogP contribution in [0.4, 0.5) is 0 Å². The molecule has 6 heteroatoms. The van der Waals surface area contributed by atoms with Gasteiger partial charge in [-0.3, -0.25) is 10.1 Å². The number of halogens is 1. The molecule has 27 heavy (non-hydrogen) atoms. The lowest BCUT2D eigenvalue weighted by Gasteiger charge is -2.12. The van der Waals surface area contributed by atoms with Gasteiger partial charge in [-0.05, 0) is 52.8 Å². The maximum Gasteiger partial charge on any atom is 0.273 e. The van der Waals surface area contributed by atoms with E-state index in [1.807, 2.05) is 36.4 Å². The third-order valence-electron chi connectivity index (χ3n) is 4.25. The minimum absolute atomic E-state index is 0.250. The Kier molecular flexibility index (Phi) is 4.92. The van der Waals surface area contributed by atoms with Gasteiger partial charge in [-0.25, -0.2) is 0 Å². The van der Waals surface area contributed by atoms with Crippen LogP contribution < -0.4 is 15.4 Å². The van der Waals surface area contributed by atoms with Gasteiger partial charge in [0.2, 0.25) is 0 Å². The van der Waals surface area contributed by atoms with Crippen LogP contribution in [0, 0.1) is 0 Å². The normalized spacial score (nSPS) is 15.1. The molecule has 1 aliphatic rings.